The Bertz CT molecular complexity index is 242. The zero-order chi connectivity index (χ0) is 14.7. The predicted molar refractivity (Wildman–Crippen MR) is 72.6 cm³/mol. The van der Waals surface area contributed by atoms with E-state index in [0.717, 1.165) is 6.42 Å². The van der Waals surface area contributed by atoms with Gasteiger partial charge in [0.2, 0.25) is 5.91 Å². The van der Waals surface area contributed by atoms with Gasteiger partial charge in [0, 0.05) is 12.5 Å². The van der Waals surface area contributed by atoms with Crippen molar-refractivity contribution in [1.29, 1.82) is 0 Å². The van der Waals surface area contributed by atoms with E-state index in [4.69, 9.17) is 15.2 Å². The first-order valence-electron chi connectivity index (χ1n) is 6.84. The van der Waals surface area contributed by atoms with Gasteiger partial charge in [-0.1, -0.05) is 13.8 Å². The number of hydrogen-bond donors (Lipinski definition) is 2. The van der Waals surface area contributed by atoms with Crippen LogP contribution in [0.2, 0.25) is 0 Å². The fourth-order valence-electron chi connectivity index (χ4n) is 1.31. The lowest BCUT2D eigenvalue weighted by Crippen LogP contribution is -2.38. The van der Waals surface area contributed by atoms with Crippen molar-refractivity contribution in [3.05, 3.63) is 0 Å². The normalized spacial score (nSPS) is 15.8. The van der Waals surface area contributed by atoms with Crippen LogP contribution >= 0.6 is 0 Å². The molecule has 5 nitrogen and oxygen atoms in total. The lowest BCUT2D eigenvalue weighted by Gasteiger charge is -2.19. The van der Waals surface area contributed by atoms with Crippen molar-refractivity contribution >= 4 is 5.91 Å². The molecule has 0 aromatic heterocycles. The van der Waals surface area contributed by atoms with E-state index in [1.165, 1.54) is 0 Å². The SMILES string of the molecule is CCC(C)C(=O)NCC(F)C(C)OCCOCCN. The monoisotopic (exact) mass is 278 g/mol. The van der Waals surface area contributed by atoms with Crippen LogP contribution in [0.15, 0.2) is 0 Å². The first-order chi connectivity index (χ1) is 9.02. The number of alkyl halides is 1. The van der Waals surface area contributed by atoms with Gasteiger partial charge in [-0.15, -0.1) is 0 Å². The zero-order valence-electron chi connectivity index (χ0n) is 12.2. The lowest BCUT2D eigenvalue weighted by molar-refractivity contribution is -0.125. The molecule has 3 N–H and O–H groups in total. The molecule has 0 aliphatic carbocycles. The Hall–Kier alpha value is -0.720. The Kier molecular flexibility index (Phi) is 10.7. The molecule has 0 rings (SSSR count). The number of carbonyl (C=O) groups excluding carboxylic acids is 1. The molecule has 3 atom stereocenters. The van der Waals surface area contributed by atoms with Gasteiger partial charge in [-0.3, -0.25) is 4.79 Å². The van der Waals surface area contributed by atoms with E-state index in [1.807, 2.05) is 13.8 Å². The second-order valence-electron chi connectivity index (χ2n) is 4.55. The van der Waals surface area contributed by atoms with E-state index >= 15 is 0 Å². The molecule has 0 radical (unpaired) electrons. The van der Waals surface area contributed by atoms with Crippen molar-refractivity contribution < 1.29 is 18.7 Å². The minimum absolute atomic E-state index is 0.0198. The molecule has 6 heteroatoms. The Labute approximate surface area is 115 Å². The molecular formula is C13H27FN2O3. The fraction of sp³-hybridized carbons (Fsp3) is 0.923. The molecule has 0 aromatic carbocycles. The van der Waals surface area contributed by atoms with E-state index in [2.05, 4.69) is 5.32 Å². The molecule has 0 fully saturated rings. The Morgan fingerprint density at radius 1 is 1.32 bits per heavy atom. The van der Waals surface area contributed by atoms with E-state index in [9.17, 15) is 9.18 Å². The largest absolute Gasteiger partial charge is 0.378 e. The summed E-state index contributed by atoms with van der Waals surface area (Å²) in [5.74, 6) is -0.211. The maximum atomic E-state index is 13.7. The third kappa shape index (κ3) is 8.91. The quantitative estimate of drug-likeness (QED) is 0.550. The Morgan fingerprint density at radius 2 is 2.00 bits per heavy atom. The maximum Gasteiger partial charge on any atom is 0.222 e. The van der Waals surface area contributed by atoms with Crippen LogP contribution in [0.25, 0.3) is 0 Å². The van der Waals surface area contributed by atoms with Crippen LogP contribution in [0.5, 0.6) is 0 Å². The highest BCUT2D eigenvalue weighted by Crippen LogP contribution is 2.04. The summed E-state index contributed by atoms with van der Waals surface area (Å²) >= 11 is 0. The highest BCUT2D eigenvalue weighted by Gasteiger charge is 2.19. The molecule has 3 unspecified atom stereocenters. The van der Waals surface area contributed by atoms with Crippen molar-refractivity contribution in [3.63, 3.8) is 0 Å². The average molecular weight is 278 g/mol. The number of carbonyl (C=O) groups is 1. The molecule has 1 amide bonds. The van der Waals surface area contributed by atoms with Crippen molar-refractivity contribution in [2.75, 3.05) is 32.9 Å². The maximum absolute atomic E-state index is 13.7. The van der Waals surface area contributed by atoms with E-state index in [1.54, 1.807) is 6.92 Å². The first kappa shape index (κ1) is 18.3. The zero-order valence-corrected chi connectivity index (χ0v) is 12.2. The fourth-order valence-corrected chi connectivity index (χ4v) is 1.31. The van der Waals surface area contributed by atoms with Crippen LogP contribution in [0.1, 0.15) is 27.2 Å². The number of amides is 1. The van der Waals surface area contributed by atoms with E-state index in [-0.39, 0.29) is 18.4 Å². The average Bonchev–Trinajstić information content (AvgIpc) is 2.42. The van der Waals surface area contributed by atoms with Gasteiger partial charge < -0.3 is 20.5 Å². The highest BCUT2D eigenvalue weighted by atomic mass is 19.1. The van der Waals surface area contributed by atoms with Crippen LogP contribution in [-0.4, -0.2) is 51.1 Å². The summed E-state index contributed by atoms with van der Waals surface area (Å²) in [5.41, 5.74) is 5.26. The molecule has 0 aliphatic rings. The van der Waals surface area contributed by atoms with Crippen molar-refractivity contribution in [2.24, 2.45) is 11.7 Å². The molecule has 0 bridgehead atoms. The number of hydrogen-bond acceptors (Lipinski definition) is 4. The van der Waals surface area contributed by atoms with Gasteiger partial charge in [0.25, 0.3) is 0 Å². The summed E-state index contributed by atoms with van der Waals surface area (Å²) in [6.45, 7) is 7.01. The van der Waals surface area contributed by atoms with E-state index in [0.29, 0.717) is 26.4 Å². The van der Waals surface area contributed by atoms with Gasteiger partial charge in [0.15, 0.2) is 0 Å². The summed E-state index contributed by atoms with van der Waals surface area (Å²) in [6.07, 6.45) is -1.05. The second-order valence-corrected chi connectivity index (χ2v) is 4.55. The summed E-state index contributed by atoms with van der Waals surface area (Å²) in [6, 6.07) is 0. The number of ether oxygens (including phenoxy) is 2. The standard InChI is InChI=1S/C13H27FN2O3/c1-4-10(2)13(17)16-9-12(14)11(3)19-8-7-18-6-5-15/h10-12H,4-9,15H2,1-3H3,(H,16,17). The third-order valence-corrected chi connectivity index (χ3v) is 2.91. The molecule has 0 heterocycles. The summed E-state index contributed by atoms with van der Waals surface area (Å²) in [4.78, 5) is 11.5. The smallest absolute Gasteiger partial charge is 0.222 e. The summed E-state index contributed by atoms with van der Waals surface area (Å²) in [5, 5.41) is 2.58. The summed E-state index contributed by atoms with van der Waals surface area (Å²) in [7, 11) is 0. The van der Waals surface area contributed by atoms with Crippen LogP contribution in [0, 0.1) is 5.92 Å². The van der Waals surface area contributed by atoms with Gasteiger partial charge in [-0.05, 0) is 13.3 Å². The minimum atomic E-state index is -1.22. The van der Waals surface area contributed by atoms with E-state index < -0.39 is 12.3 Å². The second kappa shape index (κ2) is 11.1. The molecule has 0 saturated carbocycles. The molecule has 0 aromatic rings. The minimum Gasteiger partial charge on any atom is -0.378 e. The predicted octanol–water partition coefficient (Wildman–Crippen LogP) is 0.867. The van der Waals surface area contributed by atoms with Crippen LogP contribution < -0.4 is 11.1 Å². The molecular weight excluding hydrogens is 251 g/mol. The third-order valence-electron chi connectivity index (χ3n) is 2.91. The Morgan fingerprint density at radius 3 is 2.58 bits per heavy atom. The Balaban J connectivity index is 3.69. The van der Waals surface area contributed by atoms with Gasteiger partial charge >= 0.3 is 0 Å². The summed E-state index contributed by atoms with van der Waals surface area (Å²) < 4.78 is 24.1. The van der Waals surface area contributed by atoms with Crippen LogP contribution in [0.3, 0.4) is 0 Å². The molecule has 0 aliphatic heterocycles. The van der Waals surface area contributed by atoms with Gasteiger partial charge in [0.1, 0.15) is 6.17 Å². The lowest BCUT2D eigenvalue weighted by atomic mass is 10.1. The number of rotatable bonds is 11. The van der Waals surface area contributed by atoms with Crippen molar-refractivity contribution in [1.82, 2.24) is 5.32 Å². The molecule has 0 spiro atoms. The van der Waals surface area contributed by atoms with Gasteiger partial charge in [0.05, 0.1) is 32.5 Å². The van der Waals surface area contributed by atoms with Gasteiger partial charge in [-0.25, -0.2) is 4.39 Å². The molecule has 0 saturated heterocycles. The number of nitrogens with one attached hydrogen (secondary N) is 1. The first-order valence-corrected chi connectivity index (χ1v) is 6.84. The van der Waals surface area contributed by atoms with Crippen molar-refractivity contribution in [2.45, 2.75) is 39.5 Å². The highest BCUT2D eigenvalue weighted by molar-refractivity contribution is 5.78. The van der Waals surface area contributed by atoms with Crippen molar-refractivity contribution in [3.8, 4) is 0 Å². The number of halogens is 1. The topological polar surface area (TPSA) is 73.6 Å². The number of nitrogens with two attached hydrogens (primary N) is 1. The molecule has 114 valence electrons. The van der Waals surface area contributed by atoms with Crippen LogP contribution in [-0.2, 0) is 14.3 Å². The van der Waals surface area contributed by atoms with Crippen LogP contribution in [0.4, 0.5) is 4.39 Å². The molecule has 19 heavy (non-hydrogen) atoms. The van der Waals surface area contributed by atoms with Gasteiger partial charge in [-0.2, -0.15) is 0 Å².